The Bertz CT molecular complexity index is 640. The quantitative estimate of drug-likeness (QED) is 0.884. The van der Waals surface area contributed by atoms with Gasteiger partial charge in [-0.1, -0.05) is 6.42 Å². The van der Waals surface area contributed by atoms with E-state index in [0.717, 1.165) is 19.3 Å². The van der Waals surface area contributed by atoms with Crippen LogP contribution in [0.25, 0.3) is 0 Å². The van der Waals surface area contributed by atoms with E-state index in [9.17, 15) is 8.42 Å². The van der Waals surface area contributed by atoms with Gasteiger partial charge in [-0.2, -0.15) is 5.26 Å². The van der Waals surface area contributed by atoms with Gasteiger partial charge in [0.2, 0.25) is 10.0 Å². The first-order chi connectivity index (χ1) is 9.42. The molecule has 2 rings (SSSR count). The Kier molecular flexibility index (Phi) is 6.17. The van der Waals surface area contributed by atoms with E-state index in [1.807, 2.05) is 6.07 Å². The number of halogens is 1. The number of aryl methyl sites for hydroxylation is 1. The van der Waals surface area contributed by atoms with Gasteiger partial charge in [0.05, 0.1) is 16.5 Å². The normalized spacial score (nSPS) is 22.1. The number of hydrogen-bond acceptors (Lipinski definition) is 4. The number of nitrogens with two attached hydrogens (primary N) is 1. The van der Waals surface area contributed by atoms with Crippen LogP contribution in [0, 0.1) is 18.3 Å². The van der Waals surface area contributed by atoms with E-state index >= 15 is 0 Å². The first kappa shape index (κ1) is 17.9. The maximum absolute atomic E-state index is 12.3. The predicted molar refractivity (Wildman–Crippen MR) is 83.7 cm³/mol. The second-order valence-corrected chi connectivity index (χ2v) is 7.05. The van der Waals surface area contributed by atoms with Crippen LogP contribution in [0.3, 0.4) is 0 Å². The van der Waals surface area contributed by atoms with Crippen LogP contribution in [0.4, 0.5) is 0 Å². The summed E-state index contributed by atoms with van der Waals surface area (Å²) in [6, 6.07) is 6.54. The van der Waals surface area contributed by atoms with E-state index in [1.165, 1.54) is 18.2 Å². The van der Waals surface area contributed by atoms with E-state index in [1.54, 1.807) is 6.92 Å². The standard InChI is InChI=1S/C14H19N3O2S.ClH/c1-10-7-14(6-5-11(10)9-15)20(18,19)17-13-4-2-3-12(16)8-13;/h5-7,12-13,17H,2-4,8,16H2,1H3;1H. The lowest BCUT2D eigenvalue weighted by molar-refractivity contribution is 0.371. The summed E-state index contributed by atoms with van der Waals surface area (Å²) in [6.07, 6.45) is 3.39. The van der Waals surface area contributed by atoms with Gasteiger partial charge in [-0.05, 0) is 49.9 Å². The van der Waals surface area contributed by atoms with Gasteiger partial charge in [-0.15, -0.1) is 12.4 Å². The summed E-state index contributed by atoms with van der Waals surface area (Å²) in [5.41, 5.74) is 7.03. The zero-order valence-corrected chi connectivity index (χ0v) is 13.5. The fourth-order valence-electron chi connectivity index (χ4n) is 2.55. The van der Waals surface area contributed by atoms with Crippen LogP contribution in [0.15, 0.2) is 23.1 Å². The largest absolute Gasteiger partial charge is 0.328 e. The smallest absolute Gasteiger partial charge is 0.240 e. The third-order valence-corrected chi connectivity index (χ3v) is 5.18. The number of hydrogen-bond donors (Lipinski definition) is 2. The van der Waals surface area contributed by atoms with Crippen molar-refractivity contribution in [3.8, 4) is 6.07 Å². The van der Waals surface area contributed by atoms with Crippen molar-refractivity contribution in [3.05, 3.63) is 29.3 Å². The first-order valence-corrected chi connectivity index (χ1v) is 8.19. The number of nitriles is 1. The number of benzene rings is 1. The summed E-state index contributed by atoms with van der Waals surface area (Å²) in [7, 11) is -3.55. The summed E-state index contributed by atoms with van der Waals surface area (Å²) in [4.78, 5) is 0.202. The zero-order valence-electron chi connectivity index (χ0n) is 11.9. The summed E-state index contributed by atoms with van der Waals surface area (Å²) >= 11 is 0. The molecule has 0 radical (unpaired) electrons. The van der Waals surface area contributed by atoms with Crippen molar-refractivity contribution in [2.24, 2.45) is 5.73 Å². The highest BCUT2D eigenvalue weighted by Gasteiger charge is 2.25. The Morgan fingerprint density at radius 1 is 1.38 bits per heavy atom. The molecule has 1 saturated carbocycles. The van der Waals surface area contributed by atoms with Gasteiger partial charge < -0.3 is 5.73 Å². The highest BCUT2D eigenvalue weighted by molar-refractivity contribution is 7.89. The summed E-state index contributed by atoms with van der Waals surface area (Å²) < 4.78 is 27.4. The number of rotatable bonds is 3. The predicted octanol–water partition coefficient (Wildman–Crippen LogP) is 1.84. The highest BCUT2D eigenvalue weighted by atomic mass is 35.5. The SMILES string of the molecule is Cc1cc(S(=O)(=O)NC2CCCC(N)C2)ccc1C#N.Cl. The third-order valence-electron chi connectivity index (χ3n) is 3.67. The second-order valence-electron chi connectivity index (χ2n) is 5.33. The van der Waals surface area contributed by atoms with Crippen LogP contribution in [-0.4, -0.2) is 20.5 Å². The van der Waals surface area contributed by atoms with E-state index in [0.29, 0.717) is 17.5 Å². The Morgan fingerprint density at radius 3 is 2.67 bits per heavy atom. The Morgan fingerprint density at radius 2 is 2.10 bits per heavy atom. The summed E-state index contributed by atoms with van der Waals surface area (Å²) in [5.74, 6) is 0. The van der Waals surface area contributed by atoms with E-state index in [4.69, 9.17) is 11.0 Å². The minimum atomic E-state index is -3.55. The molecule has 0 amide bonds. The van der Waals surface area contributed by atoms with Gasteiger partial charge in [0.15, 0.2) is 0 Å². The molecule has 21 heavy (non-hydrogen) atoms. The molecule has 3 N–H and O–H groups in total. The molecule has 1 fully saturated rings. The molecule has 2 unspecified atom stereocenters. The fourth-order valence-corrected chi connectivity index (χ4v) is 3.92. The van der Waals surface area contributed by atoms with Crippen LogP contribution < -0.4 is 10.5 Å². The third kappa shape index (κ3) is 4.42. The van der Waals surface area contributed by atoms with Crippen molar-refractivity contribution in [2.75, 3.05) is 0 Å². The molecule has 0 aromatic heterocycles. The lowest BCUT2D eigenvalue weighted by Gasteiger charge is -2.27. The molecule has 1 aliphatic rings. The van der Waals surface area contributed by atoms with Gasteiger partial charge in [-0.3, -0.25) is 0 Å². The number of sulfonamides is 1. The molecule has 0 bridgehead atoms. The molecule has 0 aliphatic heterocycles. The van der Waals surface area contributed by atoms with Crippen molar-refractivity contribution in [3.63, 3.8) is 0 Å². The molecule has 7 heteroatoms. The molecule has 0 saturated heterocycles. The highest BCUT2D eigenvalue weighted by Crippen LogP contribution is 2.20. The Hall–Kier alpha value is -1.13. The molecule has 2 atom stereocenters. The maximum Gasteiger partial charge on any atom is 0.240 e. The van der Waals surface area contributed by atoms with Gasteiger partial charge >= 0.3 is 0 Å². The lowest BCUT2D eigenvalue weighted by atomic mass is 9.92. The van der Waals surface area contributed by atoms with Gasteiger partial charge in [-0.25, -0.2) is 13.1 Å². The average Bonchev–Trinajstić information content (AvgIpc) is 2.38. The van der Waals surface area contributed by atoms with Crippen molar-refractivity contribution in [1.82, 2.24) is 4.72 Å². The second kappa shape index (κ2) is 7.23. The van der Waals surface area contributed by atoms with E-state index < -0.39 is 10.0 Å². The minimum absolute atomic E-state index is 0. The van der Waals surface area contributed by atoms with Crippen LogP contribution in [-0.2, 0) is 10.0 Å². The molecular weight excluding hydrogens is 310 g/mol. The number of nitrogens with zero attached hydrogens (tertiary/aromatic N) is 1. The fraction of sp³-hybridized carbons (Fsp3) is 0.500. The molecule has 5 nitrogen and oxygen atoms in total. The van der Waals surface area contributed by atoms with Crippen LogP contribution in [0.2, 0.25) is 0 Å². The van der Waals surface area contributed by atoms with Crippen molar-refractivity contribution in [2.45, 2.75) is 49.6 Å². The Labute approximate surface area is 132 Å². The van der Waals surface area contributed by atoms with Crippen molar-refractivity contribution >= 4 is 22.4 Å². The van der Waals surface area contributed by atoms with Crippen LogP contribution in [0.5, 0.6) is 0 Å². The Balaban J connectivity index is 0.00000220. The van der Waals surface area contributed by atoms with Crippen LogP contribution in [0.1, 0.15) is 36.8 Å². The molecule has 0 heterocycles. The summed E-state index contributed by atoms with van der Waals surface area (Å²) in [6.45, 7) is 1.73. The lowest BCUT2D eigenvalue weighted by Crippen LogP contribution is -2.42. The first-order valence-electron chi connectivity index (χ1n) is 6.71. The van der Waals surface area contributed by atoms with Gasteiger partial charge in [0.25, 0.3) is 0 Å². The van der Waals surface area contributed by atoms with E-state index in [-0.39, 0.29) is 29.4 Å². The van der Waals surface area contributed by atoms with E-state index in [2.05, 4.69) is 4.72 Å². The molecule has 116 valence electrons. The topological polar surface area (TPSA) is 96.0 Å². The monoisotopic (exact) mass is 329 g/mol. The molecule has 1 aliphatic carbocycles. The summed E-state index contributed by atoms with van der Waals surface area (Å²) in [5, 5.41) is 8.87. The molecule has 0 spiro atoms. The van der Waals surface area contributed by atoms with Gasteiger partial charge in [0, 0.05) is 12.1 Å². The van der Waals surface area contributed by atoms with Gasteiger partial charge in [0.1, 0.15) is 0 Å². The van der Waals surface area contributed by atoms with Crippen molar-refractivity contribution < 1.29 is 8.42 Å². The molecule has 1 aromatic carbocycles. The minimum Gasteiger partial charge on any atom is -0.328 e. The number of nitrogens with one attached hydrogen (secondary N) is 1. The average molecular weight is 330 g/mol. The maximum atomic E-state index is 12.3. The molecular formula is C14H20ClN3O2S. The molecule has 1 aromatic rings. The zero-order chi connectivity index (χ0) is 14.8. The van der Waals surface area contributed by atoms with Crippen LogP contribution >= 0.6 is 12.4 Å². The van der Waals surface area contributed by atoms with Crippen molar-refractivity contribution in [1.29, 1.82) is 5.26 Å².